The fraction of sp³-hybridized carbons (Fsp3) is 0.105. The first-order valence-electron chi connectivity index (χ1n) is 7.96. The van der Waals surface area contributed by atoms with E-state index in [-0.39, 0.29) is 17.3 Å². The Morgan fingerprint density at radius 1 is 1.00 bits per heavy atom. The Morgan fingerprint density at radius 2 is 1.74 bits per heavy atom. The minimum atomic E-state index is -4.49. The largest absolute Gasteiger partial charge is 0.416 e. The molecule has 8 heteroatoms. The molecule has 0 aliphatic rings. The van der Waals surface area contributed by atoms with Crippen LogP contribution in [-0.2, 0) is 6.18 Å². The summed E-state index contributed by atoms with van der Waals surface area (Å²) in [5.41, 5.74) is 1.05. The first-order chi connectivity index (χ1) is 12.8. The van der Waals surface area contributed by atoms with Gasteiger partial charge >= 0.3 is 6.18 Å². The monoisotopic (exact) mass is 372 g/mol. The molecule has 1 heterocycles. The van der Waals surface area contributed by atoms with E-state index in [0.29, 0.717) is 0 Å². The van der Waals surface area contributed by atoms with Gasteiger partial charge < -0.3 is 10.6 Å². The van der Waals surface area contributed by atoms with Gasteiger partial charge in [-0.2, -0.15) is 13.2 Å². The molecule has 2 aromatic carbocycles. The number of hydrogen-bond acceptors (Lipinski definition) is 4. The van der Waals surface area contributed by atoms with Crippen LogP contribution >= 0.6 is 0 Å². The van der Waals surface area contributed by atoms with Gasteiger partial charge in [-0.1, -0.05) is 23.8 Å². The lowest BCUT2D eigenvalue weighted by Crippen LogP contribution is -2.15. The van der Waals surface area contributed by atoms with E-state index in [1.165, 1.54) is 24.4 Å². The second-order valence-corrected chi connectivity index (χ2v) is 5.79. The van der Waals surface area contributed by atoms with Crippen molar-refractivity contribution in [1.29, 1.82) is 0 Å². The topological polar surface area (TPSA) is 66.9 Å². The number of hydrogen-bond donors (Lipinski definition) is 2. The Balaban J connectivity index is 1.75. The number of anilines is 3. The third kappa shape index (κ3) is 4.81. The van der Waals surface area contributed by atoms with Gasteiger partial charge in [0, 0.05) is 17.6 Å². The summed E-state index contributed by atoms with van der Waals surface area (Å²) in [5, 5.41) is 5.38. The minimum Gasteiger partial charge on any atom is -0.324 e. The molecule has 0 aliphatic carbocycles. The van der Waals surface area contributed by atoms with Crippen LogP contribution in [0.25, 0.3) is 0 Å². The van der Waals surface area contributed by atoms with Crippen molar-refractivity contribution in [2.75, 3.05) is 10.6 Å². The van der Waals surface area contributed by atoms with Gasteiger partial charge in [0.15, 0.2) is 0 Å². The number of carbonyl (C=O) groups is 1. The number of aromatic nitrogens is 2. The molecule has 138 valence electrons. The molecule has 0 atom stereocenters. The van der Waals surface area contributed by atoms with Crippen LogP contribution in [0.4, 0.5) is 30.5 Å². The number of nitrogens with zero attached hydrogens (tertiary/aromatic N) is 2. The molecular formula is C19H15F3N4O. The predicted octanol–water partition coefficient (Wildman–Crippen LogP) is 4.80. The number of halogens is 3. The van der Waals surface area contributed by atoms with Crippen LogP contribution < -0.4 is 10.6 Å². The molecule has 0 saturated heterocycles. The number of alkyl halides is 3. The molecule has 1 amide bonds. The summed E-state index contributed by atoms with van der Waals surface area (Å²) < 4.78 is 38.3. The lowest BCUT2D eigenvalue weighted by Gasteiger charge is -2.10. The Morgan fingerprint density at radius 3 is 2.44 bits per heavy atom. The van der Waals surface area contributed by atoms with Gasteiger partial charge in [-0.3, -0.25) is 4.79 Å². The first kappa shape index (κ1) is 18.4. The van der Waals surface area contributed by atoms with Crippen molar-refractivity contribution in [2.24, 2.45) is 0 Å². The smallest absolute Gasteiger partial charge is 0.324 e. The van der Waals surface area contributed by atoms with Gasteiger partial charge in [0.2, 0.25) is 5.95 Å². The second kappa shape index (κ2) is 7.45. The van der Waals surface area contributed by atoms with Crippen LogP contribution in [0.2, 0.25) is 0 Å². The molecule has 0 fully saturated rings. The summed E-state index contributed by atoms with van der Waals surface area (Å²) in [5.74, 6) is -0.431. The Kier molecular flexibility index (Phi) is 5.07. The van der Waals surface area contributed by atoms with Gasteiger partial charge in [-0.05, 0) is 43.3 Å². The molecular weight excluding hydrogens is 357 g/mol. The minimum absolute atomic E-state index is 0.0250. The number of rotatable bonds is 4. The Labute approximate surface area is 153 Å². The maximum absolute atomic E-state index is 12.8. The number of amides is 1. The lowest BCUT2D eigenvalue weighted by molar-refractivity contribution is -0.137. The zero-order valence-electron chi connectivity index (χ0n) is 14.2. The third-order valence-electron chi connectivity index (χ3n) is 3.64. The van der Waals surface area contributed by atoms with Crippen LogP contribution in [0.3, 0.4) is 0 Å². The van der Waals surface area contributed by atoms with Gasteiger partial charge in [0.25, 0.3) is 5.91 Å². The maximum Gasteiger partial charge on any atom is 0.416 e. The number of carbonyl (C=O) groups excluding carboxylic acids is 1. The molecule has 0 unspecified atom stereocenters. The molecule has 0 bridgehead atoms. The van der Waals surface area contributed by atoms with Crippen molar-refractivity contribution >= 4 is 23.2 Å². The summed E-state index contributed by atoms with van der Waals surface area (Å²) in [6, 6.07) is 13.3. The van der Waals surface area contributed by atoms with Crippen LogP contribution in [0.1, 0.15) is 21.6 Å². The van der Waals surface area contributed by atoms with Crippen molar-refractivity contribution in [1.82, 2.24) is 9.97 Å². The maximum atomic E-state index is 12.8. The standard InChI is InChI=1S/C19H15F3N4O/c1-12-5-7-14(8-6-12)25-18-23-10-9-16(26-18)17(27)24-15-4-2-3-13(11-15)19(20,21)22/h2-11H,1H3,(H,24,27)(H,23,25,26). The summed E-state index contributed by atoms with van der Waals surface area (Å²) in [6.07, 6.45) is -3.09. The van der Waals surface area contributed by atoms with E-state index >= 15 is 0 Å². The highest BCUT2D eigenvalue weighted by molar-refractivity contribution is 6.03. The first-order valence-corrected chi connectivity index (χ1v) is 7.96. The fourth-order valence-electron chi connectivity index (χ4n) is 2.28. The highest BCUT2D eigenvalue weighted by Gasteiger charge is 2.30. The van der Waals surface area contributed by atoms with Gasteiger partial charge in [-0.15, -0.1) is 0 Å². The van der Waals surface area contributed by atoms with Gasteiger partial charge in [0.1, 0.15) is 5.69 Å². The van der Waals surface area contributed by atoms with Crippen molar-refractivity contribution in [3.05, 3.63) is 77.6 Å². The lowest BCUT2D eigenvalue weighted by atomic mass is 10.2. The molecule has 5 nitrogen and oxygen atoms in total. The molecule has 1 aromatic heterocycles. The van der Waals surface area contributed by atoms with E-state index in [1.54, 1.807) is 0 Å². The Hall–Kier alpha value is -3.42. The zero-order valence-corrected chi connectivity index (χ0v) is 14.2. The number of nitrogens with one attached hydrogen (secondary N) is 2. The molecule has 0 spiro atoms. The van der Waals surface area contributed by atoms with Crippen LogP contribution in [-0.4, -0.2) is 15.9 Å². The molecule has 3 aromatic rings. The molecule has 0 aliphatic heterocycles. The number of aryl methyl sites for hydroxylation is 1. The Bertz CT molecular complexity index is 956. The quantitative estimate of drug-likeness (QED) is 0.690. The van der Waals surface area contributed by atoms with Gasteiger partial charge in [0.05, 0.1) is 5.56 Å². The van der Waals surface area contributed by atoms with Crippen LogP contribution in [0, 0.1) is 6.92 Å². The zero-order chi connectivity index (χ0) is 19.4. The average molecular weight is 372 g/mol. The third-order valence-corrected chi connectivity index (χ3v) is 3.64. The van der Waals surface area contributed by atoms with E-state index in [1.807, 2.05) is 31.2 Å². The van der Waals surface area contributed by atoms with Crippen molar-refractivity contribution < 1.29 is 18.0 Å². The summed E-state index contributed by atoms with van der Waals surface area (Å²) in [6.45, 7) is 1.96. The molecule has 27 heavy (non-hydrogen) atoms. The van der Waals surface area contributed by atoms with E-state index in [2.05, 4.69) is 20.6 Å². The summed E-state index contributed by atoms with van der Waals surface area (Å²) in [7, 11) is 0. The summed E-state index contributed by atoms with van der Waals surface area (Å²) >= 11 is 0. The van der Waals surface area contributed by atoms with Crippen LogP contribution in [0.15, 0.2) is 60.8 Å². The summed E-state index contributed by atoms with van der Waals surface area (Å²) in [4.78, 5) is 20.5. The normalized spacial score (nSPS) is 11.1. The molecule has 2 N–H and O–H groups in total. The van der Waals surface area contributed by atoms with E-state index in [9.17, 15) is 18.0 Å². The van der Waals surface area contributed by atoms with E-state index in [0.717, 1.165) is 23.4 Å². The predicted molar refractivity (Wildman–Crippen MR) is 95.9 cm³/mol. The SMILES string of the molecule is Cc1ccc(Nc2nccc(C(=O)Nc3cccc(C(F)(F)F)c3)n2)cc1. The second-order valence-electron chi connectivity index (χ2n) is 5.79. The van der Waals surface area contributed by atoms with Crippen molar-refractivity contribution in [2.45, 2.75) is 13.1 Å². The van der Waals surface area contributed by atoms with Crippen molar-refractivity contribution in [3.63, 3.8) is 0 Å². The fourth-order valence-corrected chi connectivity index (χ4v) is 2.28. The molecule has 0 saturated carbocycles. The average Bonchev–Trinajstić information content (AvgIpc) is 2.63. The number of benzene rings is 2. The van der Waals surface area contributed by atoms with E-state index in [4.69, 9.17) is 0 Å². The van der Waals surface area contributed by atoms with Crippen LogP contribution in [0.5, 0.6) is 0 Å². The van der Waals surface area contributed by atoms with Crippen molar-refractivity contribution in [3.8, 4) is 0 Å². The van der Waals surface area contributed by atoms with E-state index < -0.39 is 17.6 Å². The molecule has 3 rings (SSSR count). The molecule has 0 radical (unpaired) electrons. The highest BCUT2D eigenvalue weighted by atomic mass is 19.4. The van der Waals surface area contributed by atoms with Gasteiger partial charge in [-0.25, -0.2) is 9.97 Å². The highest BCUT2D eigenvalue weighted by Crippen LogP contribution is 2.30.